The number of aromatic nitrogens is 2. The van der Waals surface area contributed by atoms with Gasteiger partial charge in [0.25, 0.3) is 0 Å². The molecule has 4 heterocycles. The van der Waals surface area contributed by atoms with E-state index in [2.05, 4.69) is 20.6 Å². The number of anilines is 1. The van der Waals surface area contributed by atoms with E-state index in [9.17, 15) is 13.5 Å². The molecular weight excluding hydrogens is 378 g/mol. The predicted molar refractivity (Wildman–Crippen MR) is 107 cm³/mol. The Kier molecular flexibility index (Phi) is 4.31. The van der Waals surface area contributed by atoms with E-state index in [4.69, 9.17) is 0 Å². The molecule has 2 aromatic rings. The van der Waals surface area contributed by atoms with Crippen LogP contribution in [0.4, 0.5) is 5.82 Å². The van der Waals surface area contributed by atoms with Gasteiger partial charge in [-0.2, -0.15) is 4.31 Å². The molecule has 4 atom stereocenters. The Hall–Kier alpha value is -1.81. The van der Waals surface area contributed by atoms with Gasteiger partial charge in [0.15, 0.2) is 0 Å². The lowest BCUT2D eigenvalue weighted by Crippen LogP contribution is -2.51. The molecule has 28 heavy (non-hydrogen) atoms. The van der Waals surface area contributed by atoms with E-state index in [1.165, 1.54) is 10.6 Å². The van der Waals surface area contributed by atoms with Crippen LogP contribution >= 0.6 is 0 Å². The van der Waals surface area contributed by atoms with Crippen LogP contribution in [0.1, 0.15) is 18.0 Å². The molecule has 0 bridgehead atoms. The number of fused-ring (bicyclic) bond motifs is 2. The number of nitrogens with zero attached hydrogens (tertiary/aromatic N) is 3. The van der Waals surface area contributed by atoms with E-state index < -0.39 is 16.1 Å². The van der Waals surface area contributed by atoms with Crippen LogP contribution in [0.5, 0.6) is 0 Å². The van der Waals surface area contributed by atoms with Crippen molar-refractivity contribution in [3.63, 3.8) is 0 Å². The van der Waals surface area contributed by atoms with E-state index >= 15 is 0 Å². The van der Waals surface area contributed by atoms with E-state index in [1.807, 2.05) is 24.5 Å². The second-order valence-corrected chi connectivity index (χ2v) is 10.2. The molecule has 0 amide bonds. The fraction of sp³-hybridized carbons (Fsp3) is 0.579. The molecule has 3 N–H and O–H groups in total. The summed E-state index contributed by atoms with van der Waals surface area (Å²) < 4.78 is 24.7. The quantitative estimate of drug-likeness (QED) is 0.677. The van der Waals surface area contributed by atoms with E-state index in [1.54, 1.807) is 0 Å². The Morgan fingerprint density at radius 1 is 1.29 bits per heavy atom. The SMILES string of the molecule is CS(=O)(=O)N1CC[C@@H](Nc2cc3c(C4[C@@H]5CNC[C@@H]45)nccc3cn2)[C@H](O)C1. The maximum atomic E-state index is 11.7. The first-order valence-electron chi connectivity index (χ1n) is 9.77. The van der Waals surface area contributed by atoms with Crippen molar-refractivity contribution in [2.24, 2.45) is 11.8 Å². The summed E-state index contributed by atoms with van der Waals surface area (Å²) >= 11 is 0. The number of rotatable bonds is 4. The highest BCUT2D eigenvalue weighted by Crippen LogP contribution is 2.56. The number of hydrogen-bond acceptors (Lipinski definition) is 7. The highest BCUT2D eigenvalue weighted by Gasteiger charge is 2.54. The Morgan fingerprint density at radius 3 is 2.79 bits per heavy atom. The van der Waals surface area contributed by atoms with Crippen LogP contribution in [-0.4, -0.2) is 72.4 Å². The van der Waals surface area contributed by atoms with Gasteiger partial charge in [0.05, 0.1) is 24.1 Å². The second-order valence-electron chi connectivity index (χ2n) is 8.23. The van der Waals surface area contributed by atoms with Crippen molar-refractivity contribution in [3.05, 3.63) is 30.2 Å². The molecule has 8 nitrogen and oxygen atoms in total. The van der Waals surface area contributed by atoms with E-state index in [0.717, 1.165) is 29.6 Å². The van der Waals surface area contributed by atoms with Crippen LogP contribution in [-0.2, 0) is 10.0 Å². The number of pyridine rings is 2. The summed E-state index contributed by atoms with van der Waals surface area (Å²) in [6, 6.07) is 3.77. The first kappa shape index (κ1) is 18.2. The largest absolute Gasteiger partial charge is 0.390 e. The molecule has 5 rings (SSSR count). The number of nitrogens with one attached hydrogen (secondary N) is 2. The number of aliphatic hydroxyl groups is 1. The lowest BCUT2D eigenvalue weighted by Gasteiger charge is -2.35. The average Bonchev–Trinajstić information content (AvgIpc) is 3.12. The fourth-order valence-electron chi connectivity index (χ4n) is 4.82. The summed E-state index contributed by atoms with van der Waals surface area (Å²) in [6.07, 6.45) is 4.64. The molecule has 1 saturated carbocycles. The summed E-state index contributed by atoms with van der Waals surface area (Å²) in [5.41, 5.74) is 1.15. The monoisotopic (exact) mass is 403 g/mol. The molecule has 0 aromatic carbocycles. The molecule has 3 aliphatic rings. The molecule has 0 radical (unpaired) electrons. The summed E-state index contributed by atoms with van der Waals surface area (Å²) in [6.45, 7) is 2.63. The molecule has 0 unspecified atom stereocenters. The minimum Gasteiger partial charge on any atom is -0.390 e. The number of piperidine rings is 2. The highest BCUT2D eigenvalue weighted by molar-refractivity contribution is 7.88. The lowest BCUT2D eigenvalue weighted by atomic mass is 10.0. The number of sulfonamides is 1. The zero-order chi connectivity index (χ0) is 19.5. The predicted octanol–water partition coefficient (Wildman–Crippen LogP) is 0.369. The van der Waals surface area contributed by atoms with Gasteiger partial charge in [0.1, 0.15) is 5.82 Å². The van der Waals surface area contributed by atoms with Crippen LogP contribution in [0.2, 0.25) is 0 Å². The van der Waals surface area contributed by atoms with Crippen molar-refractivity contribution in [2.45, 2.75) is 24.5 Å². The summed E-state index contributed by atoms with van der Waals surface area (Å²) in [4.78, 5) is 9.19. The molecule has 2 aromatic heterocycles. The van der Waals surface area contributed by atoms with Gasteiger partial charge < -0.3 is 15.7 Å². The summed E-state index contributed by atoms with van der Waals surface area (Å²) in [5.74, 6) is 2.58. The molecular formula is C19H25N5O3S. The van der Waals surface area contributed by atoms with Crippen molar-refractivity contribution in [2.75, 3.05) is 37.8 Å². The third kappa shape index (κ3) is 3.16. The molecule has 9 heteroatoms. The molecule has 2 aliphatic heterocycles. The molecule has 3 fully saturated rings. The highest BCUT2D eigenvalue weighted by atomic mass is 32.2. The van der Waals surface area contributed by atoms with Gasteiger partial charge >= 0.3 is 0 Å². The van der Waals surface area contributed by atoms with Gasteiger partial charge in [-0.3, -0.25) is 4.98 Å². The van der Waals surface area contributed by atoms with Crippen LogP contribution in [0, 0.1) is 11.8 Å². The summed E-state index contributed by atoms with van der Waals surface area (Å²) in [5, 5.41) is 19.3. The standard InChI is InChI=1S/C19H25N5O3S/c1-28(26,27)24-5-3-15(16(25)10-24)23-17-6-12-11(7-22-17)2-4-21-19(12)18-13-8-20-9-14(13)18/h2,4,6-7,13-16,18,20,25H,3,5,8-10H2,1H3,(H,22,23)/t13-,14-,15-,16-/m1/s1. The van der Waals surface area contributed by atoms with Crippen LogP contribution in [0.15, 0.2) is 24.5 Å². The van der Waals surface area contributed by atoms with Crippen LogP contribution < -0.4 is 10.6 Å². The number of hydrogen-bond donors (Lipinski definition) is 3. The number of aliphatic hydroxyl groups excluding tert-OH is 1. The lowest BCUT2D eigenvalue weighted by molar-refractivity contribution is 0.0952. The molecule has 150 valence electrons. The Bertz CT molecular complexity index is 1000. The fourth-order valence-corrected chi connectivity index (χ4v) is 5.68. The van der Waals surface area contributed by atoms with Gasteiger partial charge in [0, 0.05) is 42.2 Å². The van der Waals surface area contributed by atoms with Crippen molar-refractivity contribution < 1.29 is 13.5 Å². The zero-order valence-electron chi connectivity index (χ0n) is 15.7. The molecule has 0 spiro atoms. The summed E-state index contributed by atoms with van der Waals surface area (Å²) in [7, 11) is -3.28. The second kappa shape index (κ2) is 6.62. The van der Waals surface area contributed by atoms with Crippen molar-refractivity contribution >= 4 is 26.6 Å². The van der Waals surface area contributed by atoms with E-state index in [-0.39, 0.29) is 12.6 Å². The minimum absolute atomic E-state index is 0.106. The van der Waals surface area contributed by atoms with Gasteiger partial charge in [-0.1, -0.05) is 0 Å². The first-order valence-corrected chi connectivity index (χ1v) is 11.6. The first-order chi connectivity index (χ1) is 13.4. The van der Waals surface area contributed by atoms with Gasteiger partial charge in [-0.25, -0.2) is 13.4 Å². The van der Waals surface area contributed by atoms with Crippen molar-refractivity contribution in [1.82, 2.24) is 19.6 Å². The van der Waals surface area contributed by atoms with Crippen LogP contribution in [0.3, 0.4) is 0 Å². The maximum absolute atomic E-state index is 11.7. The van der Waals surface area contributed by atoms with Gasteiger partial charge in [0.2, 0.25) is 10.0 Å². The van der Waals surface area contributed by atoms with E-state index in [0.29, 0.717) is 36.5 Å². The Labute approximate surface area is 164 Å². The third-order valence-corrected chi connectivity index (χ3v) is 7.70. The third-order valence-electron chi connectivity index (χ3n) is 6.43. The van der Waals surface area contributed by atoms with Crippen LogP contribution in [0.25, 0.3) is 10.8 Å². The van der Waals surface area contributed by atoms with Gasteiger partial charge in [-0.05, 0) is 43.5 Å². The number of β-amino-alcohol motifs (C(OH)–C–C–N with tert-alkyl or cyclic N) is 1. The molecule has 2 saturated heterocycles. The van der Waals surface area contributed by atoms with Gasteiger partial charge in [-0.15, -0.1) is 0 Å². The van der Waals surface area contributed by atoms with Crippen molar-refractivity contribution in [1.29, 1.82) is 0 Å². The minimum atomic E-state index is -3.28. The van der Waals surface area contributed by atoms with Crippen molar-refractivity contribution in [3.8, 4) is 0 Å². The smallest absolute Gasteiger partial charge is 0.211 e. The Balaban J connectivity index is 1.37. The molecule has 1 aliphatic carbocycles. The normalized spacial score (nSPS) is 33.0. The topological polar surface area (TPSA) is 107 Å². The average molecular weight is 404 g/mol. The zero-order valence-corrected chi connectivity index (χ0v) is 16.6. The Morgan fingerprint density at radius 2 is 2.07 bits per heavy atom. The maximum Gasteiger partial charge on any atom is 0.211 e.